The Morgan fingerprint density at radius 2 is 1.51 bits per heavy atom. The molecule has 4 rings (SSSR count). The summed E-state index contributed by atoms with van der Waals surface area (Å²) in [7, 11) is 0. The number of Topliss-reactive ketones (excluding diaryl/α,β-unsaturated/α-hetero) is 2. The lowest BCUT2D eigenvalue weighted by atomic mass is 9.85. The number of nitrogens with two attached hydrogens (primary N) is 1. The standard InChI is InChI=1S/C36H53N5O6/c1-21(2)19-25-17-18-41(28(25)33(45)38-26(20-22-15-16-22)30(43)32(37)44)34(46)31(36(3,4)5)40-35(47)39-27(23-11-9-10-12-23)29(42)24-13-7-6-8-14-24/h6-8,13-14,21-23,25-28,31H,9-12,15-20H2,1-5H3,(H2,37,44)(H,38,45)(H2,39,40,47)/t25-,26?,27+,28+,31-/m1/s1. The van der Waals surface area contributed by atoms with Crippen molar-refractivity contribution in [3.63, 3.8) is 0 Å². The molecule has 11 nitrogen and oxygen atoms in total. The van der Waals surface area contributed by atoms with E-state index < -0.39 is 59.1 Å². The van der Waals surface area contributed by atoms with Gasteiger partial charge in [0.2, 0.25) is 17.6 Å². The minimum Gasteiger partial charge on any atom is -0.363 e. The van der Waals surface area contributed by atoms with Crippen molar-refractivity contribution < 1.29 is 28.8 Å². The van der Waals surface area contributed by atoms with E-state index in [2.05, 4.69) is 16.0 Å². The molecule has 258 valence electrons. The largest absolute Gasteiger partial charge is 0.363 e. The van der Waals surface area contributed by atoms with E-state index in [9.17, 15) is 28.8 Å². The van der Waals surface area contributed by atoms with Crippen molar-refractivity contribution in [2.45, 2.75) is 117 Å². The second kappa shape index (κ2) is 15.4. The van der Waals surface area contributed by atoms with E-state index in [-0.39, 0.29) is 29.5 Å². The van der Waals surface area contributed by atoms with Crippen LogP contribution < -0.4 is 21.7 Å². The van der Waals surface area contributed by atoms with Gasteiger partial charge in [0.25, 0.3) is 5.91 Å². The summed E-state index contributed by atoms with van der Waals surface area (Å²) in [5.74, 6) is -2.69. The fourth-order valence-electron chi connectivity index (χ4n) is 7.26. The molecule has 5 N–H and O–H groups in total. The third kappa shape index (κ3) is 9.41. The molecule has 1 unspecified atom stereocenters. The molecule has 47 heavy (non-hydrogen) atoms. The van der Waals surface area contributed by atoms with E-state index in [0.29, 0.717) is 31.4 Å². The molecule has 1 aliphatic heterocycles. The Kier molecular flexibility index (Phi) is 11.8. The number of hydrogen-bond acceptors (Lipinski definition) is 6. The van der Waals surface area contributed by atoms with Crippen molar-refractivity contribution in [2.75, 3.05) is 6.54 Å². The van der Waals surface area contributed by atoms with Crippen LogP contribution in [0, 0.1) is 29.1 Å². The van der Waals surface area contributed by atoms with Crippen molar-refractivity contribution in [3.8, 4) is 0 Å². The Morgan fingerprint density at radius 1 is 0.872 bits per heavy atom. The highest BCUT2D eigenvalue weighted by molar-refractivity contribution is 6.37. The van der Waals surface area contributed by atoms with Crippen LogP contribution in [0.4, 0.5) is 4.79 Å². The molecule has 1 heterocycles. The van der Waals surface area contributed by atoms with Crippen molar-refractivity contribution >= 4 is 35.3 Å². The first-order chi connectivity index (χ1) is 22.2. The second-order valence-corrected chi connectivity index (χ2v) is 15.3. The van der Waals surface area contributed by atoms with Crippen LogP contribution in [0.15, 0.2) is 30.3 Å². The average Bonchev–Trinajstić information content (AvgIpc) is 3.47. The van der Waals surface area contributed by atoms with Gasteiger partial charge in [-0.3, -0.25) is 24.0 Å². The molecule has 5 amide bonds. The van der Waals surface area contributed by atoms with Crippen molar-refractivity contribution in [3.05, 3.63) is 35.9 Å². The molecule has 1 aromatic rings. The number of hydrogen-bond donors (Lipinski definition) is 4. The number of likely N-dealkylation sites (tertiary alicyclic amines) is 1. The topological polar surface area (TPSA) is 168 Å². The molecule has 5 atom stereocenters. The van der Waals surface area contributed by atoms with Gasteiger partial charge in [-0.2, -0.15) is 0 Å². The van der Waals surface area contributed by atoms with Gasteiger partial charge in [-0.05, 0) is 61.2 Å². The molecular formula is C36H53N5O6. The Balaban J connectivity index is 1.55. The van der Waals surface area contributed by atoms with E-state index in [4.69, 9.17) is 5.73 Å². The number of benzene rings is 1. The predicted octanol–water partition coefficient (Wildman–Crippen LogP) is 3.74. The third-order valence-electron chi connectivity index (χ3n) is 9.88. The van der Waals surface area contributed by atoms with E-state index in [1.165, 1.54) is 4.90 Å². The van der Waals surface area contributed by atoms with E-state index in [0.717, 1.165) is 38.5 Å². The lowest BCUT2D eigenvalue weighted by Gasteiger charge is -2.37. The average molecular weight is 652 g/mol. The fourth-order valence-corrected chi connectivity index (χ4v) is 7.26. The number of primary amides is 1. The Hall–Kier alpha value is -3.76. The summed E-state index contributed by atoms with van der Waals surface area (Å²) in [4.78, 5) is 81.5. The minimum absolute atomic E-state index is 0.00704. The quantitative estimate of drug-likeness (QED) is 0.177. The SMILES string of the molecule is CC(C)C[C@H]1CCN(C(=O)[C@@H](NC(=O)N[C@H](C(=O)c2ccccc2)C2CCCC2)C(C)(C)C)[C@@H]1C(=O)NC(CC1CC1)C(=O)C(N)=O. The van der Waals surface area contributed by atoms with Crippen LogP contribution in [-0.2, 0) is 19.2 Å². The molecule has 1 aromatic carbocycles. The number of carbonyl (C=O) groups is 6. The maximum absolute atomic E-state index is 14.4. The van der Waals surface area contributed by atoms with Crippen LogP contribution in [0.3, 0.4) is 0 Å². The summed E-state index contributed by atoms with van der Waals surface area (Å²) in [6.45, 7) is 9.92. The number of nitrogens with zero attached hydrogens (tertiary/aromatic N) is 1. The van der Waals surface area contributed by atoms with Crippen LogP contribution in [-0.4, -0.2) is 70.9 Å². The second-order valence-electron chi connectivity index (χ2n) is 15.3. The van der Waals surface area contributed by atoms with Crippen molar-refractivity contribution in [2.24, 2.45) is 34.8 Å². The number of nitrogens with one attached hydrogen (secondary N) is 3. The predicted molar refractivity (Wildman–Crippen MR) is 178 cm³/mol. The molecule has 2 saturated carbocycles. The summed E-state index contributed by atoms with van der Waals surface area (Å²) in [5, 5.41) is 8.58. The van der Waals surface area contributed by atoms with Gasteiger partial charge in [-0.15, -0.1) is 0 Å². The van der Waals surface area contributed by atoms with Crippen LogP contribution >= 0.6 is 0 Å². The van der Waals surface area contributed by atoms with Gasteiger partial charge < -0.3 is 26.6 Å². The minimum atomic E-state index is -1.10. The normalized spacial score (nSPS) is 22.0. The van der Waals surface area contributed by atoms with Gasteiger partial charge in [0, 0.05) is 12.1 Å². The molecular weight excluding hydrogens is 598 g/mol. The number of carbonyl (C=O) groups excluding carboxylic acids is 6. The third-order valence-corrected chi connectivity index (χ3v) is 9.88. The van der Waals surface area contributed by atoms with Gasteiger partial charge in [-0.25, -0.2) is 4.79 Å². The first-order valence-electron chi connectivity index (χ1n) is 17.3. The number of urea groups is 1. The summed E-state index contributed by atoms with van der Waals surface area (Å²) >= 11 is 0. The Labute approximate surface area is 278 Å². The van der Waals surface area contributed by atoms with Gasteiger partial charge in [-0.1, -0.05) is 90.6 Å². The van der Waals surface area contributed by atoms with E-state index >= 15 is 0 Å². The zero-order valence-corrected chi connectivity index (χ0v) is 28.6. The van der Waals surface area contributed by atoms with Crippen LogP contribution in [0.2, 0.25) is 0 Å². The highest BCUT2D eigenvalue weighted by Gasteiger charge is 2.47. The lowest BCUT2D eigenvalue weighted by molar-refractivity contribution is -0.144. The fraction of sp³-hybridized carbons (Fsp3) is 0.667. The van der Waals surface area contributed by atoms with Gasteiger partial charge in [0.05, 0.1) is 12.1 Å². The maximum Gasteiger partial charge on any atom is 0.316 e. The van der Waals surface area contributed by atoms with Crippen LogP contribution in [0.25, 0.3) is 0 Å². The van der Waals surface area contributed by atoms with E-state index in [1.807, 2.05) is 40.7 Å². The van der Waals surface area contributed by atoms with Crippen molar-refractivity contribution in [1.29, 1.82) is 0 Å². The molecule has 2 aliphatic carbocycles. The molecule has 0 radical (unpaired) electrons. The Morgan fingerprint density at radius 3 is 2.06 bits per heavy atom. The number of amides is 5. The highest BCUT2D eigenvalue weighted by atomic mass is 16.2. The maximum atomic E-state index is 14.4. The summed E-state index contributed by atoms with van der Waals surface area (Å²) < 4.78 is 0. The zero-order chi connectivity index (χ0) is 34.5. The van der Waals surface area contributed by atoms with E-state index in [1.54, 1.807) is 24.3 Å². The Bertz CT molecular complexity index is 1310. The summed E-state index contributed by atoms with van der Waals surface area (Å²) in [6.07, 6.45) is 7.05. The monoisotopic (exact) mass is 651 g/mol. The van der Waals surface area contributed by atoms with Crippen molar-refractivity contribution in [1.82, 2.24) is 20.9 Å². The first kappa shape index (κ1) is 36.1. The molecule has 0 aromatic heterocycles. The zero-order valence-electron chi connectivity index (χ0n) is 28.6. The highest BCUT2D eigenvalue weighted by Crippen LogP contribution is 2.36. The lowest BCUT2D eigenvalue weighted by Crippen LogP contribution is -2.61. The number of rotatable bonds is 14. The van der Waals surface area contributed by atoms with Crippen LogP contribution in [0.1, 0.15) is 103 Å². The molecule has 0 bridgehead atoms. The van der Waals surface area contributed by atoms with Gasteiger partial charge in [0.15, 0.2) is 5.78 Å². The molecule has 3 aliphatic rings. The van der Waals surface area contributed by atoms with Gasteiger partial charge in [0.1, 0.15) is 12.1 Å². The molecule has 11 heteroatoms. The van der Waals surface area contributed by atoms with Gasteiger partial charge >= 0.3 is 6.03 Å². The smallest absolute Gasteiger partial charge is 0.316 e. The number of ketones is 2. The summed E-state index contributed by atoms with van der Waals surface area (Å²) in [6, 6.07) is 4.61. The van der Waals surface area contributed by atoms with Crippen LogP contribution in [0.5, 0.6) is 0 Å². The molecule has 3 fully saturated rings. The first-order valence-corrected chi connectivity index (χ1v) is 17.3. The summed E-state index contributed by atoms with van der Waals surface area (Å²) in [5.41, 5.74) is 5.10. The molecule has 1 saturated heterocycles. The molecule has 0 spiro atoms.